The molecule has 0 fully saturated rings. The Balaban J connectivity index is 1.67. The standard InChI is InChI=1S/C25H25N3O2S/c1-29-12-13-30-20-10-11-22-23(16-20)31-25(28-22)21(18-7-3-2-4-8-18)15-17-6-5-9-19(14-17)24(26)27/h2-11,14,16,21H,12-13,15H2,1H3,(H3,26,27). The van der Waals surface area contributed by atoms with Crippen LogP contribution in [-0.4, -0.2) is 31.1 Å². The van der Waals surface area contributed by atoms with Crippen LogP contribution in [0, 0.1) is 5.41 Å². The fourth-order valence-corrected chi connectivity index (χ4v) is 4.66. The minimum atomic E-state index is 0.0825. The number of methoxy groups -OCH3 is 1. The van der Waals surface area contributed by atoms with Crippen molar-refractivity contribution in [2.45, 2.75) is 12.3 Å². The van der Waals surface area contributed by atoms with E-state index in [1.165, 1.54) is 5.56 Å². The number of rotatable bonds is 9. The molecule has 4 rings (SSSR count). The molecule has 1 unspecified atom stereocenters. The fourth-order valence-electron chi connectivity index (χ4n) is 3.54. The molecule has 5 nitrogen and oxygen atoms in total. The van der Waals surface area contributed by atoms with Crippen LogP contribution in [0.25, 0.3) is 10.2 Å². The molecule has 0 amide bonds. The molecule has 0 spiro atoms. The summed E-state index contributed by atoms with van der Waals surface area (Å²) in [6, 6.07) is 24.3. The number of thiazole rings is 1. The van der Waals surface area contributed by atoms with Gasteiger partial charge in [0.1, 0.15) is 23.2 Å². The molecule has 3 aromatic carbocycles. The van der Waals surface area contributed by atoms with Gasteiger partial charge in [0, 0.05) is 18.6 Å². The number of nitrogens with zero attached hydrogens (tertiary/aromatic N) is 1. The van der Waals surface area contributed by atoms with Crippen LogP contribution in [0.3, 0.4) is 0 Å². The van der Waals surface area contributed by atoms with Gasteiger partial charge in [-0.05, 0) is 41.8 Å². The summed E-state index contributed by atoms with van der Waals surface area (Å²) in [6.07, 6.45) is 0.780. The molecule has 31 heavy (non-hydrogen) atoms. The first-order valence-electron chi connectivity index (χ1n) is 10.1. The lowest BCUT2D eigenvalue weighted by Crippen LogP contribution is -2.12. The molecule has 1 aromatic heterocycles. The van der Waals surface area contributed by atoms with Crippen LogP contribution in [0.4, 0.5) is 0 Å². The summed E-state index contributed by atoms with van der Waals surface area (Å²) in [4.78, 5) is 4.95. The number of hydrogen-bond acceptors (Lipinski definition) is 5. The Morgan fingerprint density at radius 3 is 2.65 bits per heavy atom. The van der Waals surface area contributed by atoms with Crippen LogP contribution in [-0.2, 0) is 11.2 Å². The minimum Gasteiger partial charge on any atom is -0.491 e. The first kappa shape index (κ1) is 21.0. The predicted molar refractivity (Wildman–Crippen MR) is 126 cm³/mol. The number of ether oxygens (including phenoxy) is 2. The lowest BCUT2D eigenvalue weighted by molar-refractivity contribution is 0.146. The number of nitrogens with one attached hydrogen (secondary N) is 1. The molecule has 158 valence electrons. The van der Waals surface area contributed by atoms with Crippen LogP contribution >= 0.6 is 11.3 Å². The van der Waals surface area contributed by atoms with E-state index >= 15 is 0 Å². The summed E-state index contributed by atoms with van der Waals surface area (Å²) in [6.45, 7) is 1.08. The van der Waals surface area contributed by atoms with Gasteiger partial charge in [0.15, 0.2) is 0 Å². The lowest BCUT2D eigenvalue weighted by Gasteiger charge is -2.16. The third-order valence-corrected chi connectivity index (χ3v) is 6.24. The molecule has 0 bridgehead atoms. The van der Waals surface area contributed by atoms with Gasteiger partial charge in [-0.25, -0.2) is 4.98 Å². The number of amidine groups is 1. The van der Waals surface area contributed by atoms with Crippen LogP contribution in [0.1, 0.15) is 27.6 Å². The van der Waals surface area contributed by atoms with E-state index in [4.69, 9.17) is 25.6 Å². The molecule has 1 heterocycles. The van der Waals surface area contributed by atoms with Gasteiger partial charge in [0.25, 0.3) is 0 Å². The van der Waals surface area contributed by atoms with E-state index in [9.17, 15) is 0 Å². The molecule has 6 heteroatoms. The van der Waals surface area contributed by atoms with E-state index in [1.807, 2.05) is 42.5 Å². The lowest BCUT2D eigenvalue weighted by atomic mass is 9.92. The number of nitrogen functional groups attached to an aromatic ring is 1. The van der Waals surface area contributed by atoms with Gasteiger partial charge in [-0.2, -0.15) is 0 Å². The fraction of sp³-hybridized carbons (Fsp3) is 0.200. The van der Waals surface area contributed by atoms with Gasteiger partial charge in [-0.1, -0.05) is 48.5 Å². The average molecular weight is 432 g/mol. The highest BCUT2D eigenvalue weighted by atomic mass is 32.1. The van der Waals surface area contributed by atoms with Crippen LogP contribution in [0.2, 0.25) is 0 Å². The highest BCUT2D eigenvalue weighted by Crippen LogP contribution is 2.35. The van der Waals surface area contributed by atoms with E-state index in [0.717, 1.165) is 38.5 Å². The number of fused-ring (bicyclic) bond motifs is 1. The second-order valence-corrected chi connectivity index (χ2v) is 8.37. The third-order valence-electron chi connectivity index (χ3n) is 5.11. The van der Waals surface area contributed by atoms with E-state index in [0.29, 0.717) is 13.2 Å². The molecular formula is C25H25N3O2S. The van der Waals surface area contributed by atoms with Gasteiger partial charge in [-0.15, -0.1) is 11.3 Å². The number of nitrogens with two attached hydrogens (primary N) is 1. The molecule has 1 atom stereocenters. The highest BCUT2D eigenvalue weighted by Gasteiger charge is 2.20. The van der Waals surface area contributed by atoms with Gasteiger partial charge in [0.2, 0.25) is 0 Å². The monoisotopic (exact) mass is 431 g/mol. The summed E-state index contributed by atoms with van der Waals surface area (Å²) in [5.41, 5.74) is 9.75. The molecule has 0 aliphatic carbocycles. The maximum absolute atomic E-state index is 7.74. The van der Waals surface area contributed by atoms with Crippen molar-refractivity contribution in [3.05, 3.63) is 94.5 Å². The topological polar surface area (TPSA) is 81.2 Å². The maximum Gasteiger partial charge on any atom is 0.122 e. The summed E-state index contributed by atoms with van der Waals surface area (Å²) in [5, 5.41) is 8.80. The molecule has 0 aliphatic rings. The van der Waals surface area contributed by atoms with E-state index in [-0.39, 0.29) is 11.8 Å². The van der Waals surface area contributed by atoms with Crippen LogP contribution < -0.4 is 10.5 Å². The van der Waals surface area contributed by atoms with Crippen molar-refractivity contribution < 1.29 is 9.47 Å². The van der Waals surface area contributed by atoms with E-state index < -0.39 is 0 Å². The van der Waals surface area contributed by atoms with Crippen molar-refractivity contribution in [1.29, 1.82) is 5.41 Å². The Bertz CT molecular complexity index is 1170. The van der Waals surface area contributed by atoms with Crippen molar-refractivity contribution in [2.75, 3.05) is 20.3 Å². The van der Waals surface area contributed by atoms with Crippen molar-refractivity contribution in [1.82, 2.24) is 4.98 Å². The average Bonchev–Trinajstić information content (AvgIpc) is 3.21. The quantitative estimate of drug-likeness (QED) is 0.222. The number of aromatic nitrogens is 1. The summed E-state index contributed by atoms with van der Waals surface area (Å²) >= 11 is 1.69. The number of hydrogen-bond donors (Lipinski definition) is 2. The predicted octanol–water partition coefficient (Wildman–Crippen LogP) is 4.98. The van der Waals surface area contributed by atoms with Crippen molar-refractivity contribution in [3.8, 4) is 5.75 Å². The largest absolute Gasteiger partial charge is 0.491 e. The summed E-state index contributed by atoms with van der Waals surface area (Å²) in [7, 11) is 1.66. The summed E-state index contributed by atoms with van der Waals surface area (Å²) in [5.74, 6) is 1.02. The molecule has 0 aliphatic heterocycles. The van der Waals surface area contributed by atoms with Gasteiger partial charge >= 0.3 is 0 Å². The molecule has 0 radical (unpaired) electrons. The zero-order valence-electron chi connectivity index (χ0n) is 17.4. The zero-order valence-corrected chi connectivity index (χ0v) is 18.2. The Kier molecular flexibility index (Phi) is 6.60. The maximum atomic E-state index is 7.74. The Hall–Kier alpha value is -3.22. The molecule has 4 aromatic rings. The van der Waals surface area contributed by atoms with Gasteiger partial charge < -0.3 is 15.2 Å². The zero-order chi connectivity index (χ0) is 21.6. The van der Waals surface area contributed by atoms with Crippen molar-refractivity contribution >= 4 is 27.4 Å². The Labute approximate surface area is 186 Å². The Morgan fingerprint density at radius 1 is 1.03 bits per heavy atom. The third kappa shape index (κ3) is 5.10. The van der Waals surface area contributed by atoms with Crippen molar-refractivity contribution in [2.24, 2.45) is 5.73 Å². The SMILES string of the molecule is COCCOc1ccc2nc(C(Cc3cccc(C(=N)N)c3)c3ccccc3)sc2c1. The van der Waals surface area contributed by atoms with E-state index in [1.54, 1.807) is 18.4 Å². The Morgan fingerprint density at radius 2 is 1.87 bits per heavy atom. The summed E-state index contributed by atoms with van der Waals surface area (Å²) < 4.78 is 11.9. The first-order valence-corrected chi connectivity index (χ1v) is 11.0. The second-order valence-electron chi connectivity index (χ2n) is 7.30. The molecule has 0 saturated carbocycles. The van der Waals surface area contributed by atoms with Crippen LogP contribution in [0.5, 0.6) is 5.75 Å². The van der Waals surface area contributed by atoms with E-state index in [2.05, 4.69) is 30.3 Å². The normalized spacial score (nSPS) is 12.0. The number of benzene rings is 3. The minimum absolute atomic E-state index is 0.0825. The second kappa shape index (κ2) is 9.73. The molecule has 0 saturated heterocycles. The first-order chi connectivity index (χ1) is 15.1. The van der Waals surface area contributed by atoms with Gasteiger partial charge in [0.05, 0.1) is 16.8 Å². The van der Waals surface area contributed by atoms with Crippen LogP contribution in [0.15, 0.2) is 72.8 Å². The highest BCUT2D eigenvalue weighted by molar-refractivity contribution is 7.18. The molecule has 3 N–H and O–H groups in total. The smallest absolute Gasteiger partial charge is 0.122 e. The van der Waals surface area contributed by atoms with Gasteiger partial charge in [-0.3, -0.25) is 5.41 Å². The van der Waals surface area contributed by atoms with Crippen molar-refractivity contribution in [3.63, 3.8) is 0 Å². The molecular weight excluding hydrogens is 406 g/mol.